The van der Waals surface area contributed by atoms with Crippen LogP contribution in [0.3, 0.4) is 0 Å². The molecule has 0 bridgehead atoms. The van der Waals surface area contributed by atoms with Gasteiger partial charge in [0.05, 0.1) is 41.6 Å². The molecule has 5 heterocycles. The molecule has 1 saturated carbocycles. The van der Waals surface area contributed by atoms with Crippen molar-refractivity contribution in [2.75, 3.05) is 7.11 Å². The number of benzene rings is 1. The normalized spacial score (nSPS) is 17.3. The smallest absolute Gasteiger partial charge is 0.407 e. The maximum absolute atomic E-state index is 13.5. The Morgan fingerprint density at radius 3 is 2.77 bits per heavy atom. The molecule has 2 atom stereocenters. The zero-order chi connectivity index (χ0) is 27.5. The largest absolute Gasteiger partial charge is 0.453 e. The van der Waals surface area contributed by atoms with Gasteiger partial charge in [-0.3, -0.25) is 13.9 Å². The van der Waals surface area contributed by atoms with Gasteiger partial charge in [0.25, 0.3) is 0 Å². The summed E-state index contributed by atoms with van der Waals surface area (Å²) in [6.07, 6.45) is 10.6. The molecule has 1 fully saturated rings. The van der Waals surface area contributed by atoms with Crippen LogP contribution < -0.4 is 11.0 Å². The molecule has 7 rings (SSSR count). The second-order valence-electron chi connectivity index (χ2n) is 10.3. The molecule has 12 nitrogen and oxygen atoms in total. The Balaban J connectivity index is 1.51. The van der Waals surface area contributed by atoms with Crippen LogP contribution in [0.4, 0.5) is 4.79 Å². The van der Waals surface area contributed by atoms with Gasteiger partial charge in [-0.1, -0.05) is 6.07 Å². The maximum atomic E-state index is 13.5. The highest BCUT2D eigenvalue weighted by Crippen LogP contribution is 2.42. The number of rotatable bonds is 4. The molecule has 2 N–H and O–H groups in total. The molecule has 0 spiro atoms. The third-order valence-corrected chi connectivity index (χ3v) is 7.87. The number of nitrogens with one attached hydrogen (secondary N) is 2. The van der Waals surface area contributed by atoms with Gasteiger partial charge in [0, 0.05) is 66.7 Å². The van der Waals surface area contributed by atoms with Gasteiger partial charge in [-0.25, -0.2) is 19.6 Å². The van der Waals surface area contributed by atoms with Crippen molar-refractivity contribution in [2.45, 2.75) is 31.3 Å². The van der Waals surface area contributed by atoms with Crippen molar-refractivity contribution in [2.24, 2.45) is 14.1 Å². The minimum atomic E-state index is -0.469. The molecule has 5 aromatic heterocycles. The number of hydrogen-bond acceptors (Lipinski definition) is 7. The van der Waals surface area contributed by atoms with E-state index < -0.39 is 6.09 Å². The second-order valence-corrected chi connectivity index (χ2v) is 10.3. The number of methoxy groups -OCH3 is 1. The SMILES string of the molecule is COC(=O)N[C@@H]1CC[C@@H](n2c(=O)[nH]cc3cnc4nc(-c5cnn(C)c5)c(-c5ccc6c(cnn6C)c5)c4c32)C1. The number of alkyl carbamates (subject to hydrolysis) is 1. The molecule has 0 radical (unpaired) electrons. The van der Waals surface area contributed by atoms with Gasteiger partial charge >= 0.3 is 11.8 Å². The lowest BCUT2D eigenvalue weighted by Crippen LogP contribution is -2.33. The number of H-pyrrole nitrogens is 1. The molecule has 0 saturated heterocycles. The first-order valence-corrected chi connectivity index (χ1v) is 13.1. The van der Waals surface area contributed by atoms with Gasteiger partial charge in [-0.05, 0) is 37.0 Å². The highest BCUT2D eigenvalue weighted by Gasteiger charge is 2.31. The monoisotopic (exact) mass is 537 g/mol. The lowest BCUT2D eigenvalue weighted by molar-refractivity contribution is 0.166. The summed E-state index contributed by atoms with van der Waals surface area (Å²) in [4.78, 5) is 37.9. The van der Waals surface area contributed by atoms with E-state index in [4.69, 9.17) is 14.7 Å². The molecular weight excluding hydrogens is 510 g/mol. The van der Waals surface area contributed by atoms with Crippen molar-refractivity contribution < 1.29 is 9.53 Å². The van der Waals surface area contributed by atoms with E-state index in [0.29, 0.717) is 12.1 Å². The van der Waals surface area contributed by atoms with Crippen molar-refractivity contribution in [1.29, 1.82) is 0 Å². The van der Waals surface area contributed by atoms with Crippen molar-refractivity contribution in [3.05, 3.63) is 59.7 Å². The average Bonchev–Trinajstić information content (AvgIpc) is 3.74. The number of aryl methyl sites for hydroxylation is 2. The summed E-state index contributed by atoms with van der Waals surface area (Å²) in [6, 6.07) is 5.98. The van der Waals surface area contributed by atoms with Gasteiger partial charge in [-0.2, -0.15) is 10.2 Å². The predicted octanol–water partition coefficient (Wildman–Crippen LogP) is 3.68. The van der Waals surface area contributed by atoms with Crippen molar-refractivity contribution in [3.8, 4) is 22.4 Å². The zero-order valence-electron chi connectivity index (χ0n) is 22.3. The summed E-state index contributed by atoms with van der Waals surface area (Å²) in [6.45, 7) is 0. The van der Waals surface area contributed by atoms with E-state index in [2.05, 4.69) is 32.6 Å². The van der Waals surface area contributed by atoms with Crippen LogP contribution in [0.2, 0.25) is 0 Å². The Labute approximate surface area is 227 Å². The molecule has 202 valence electrons. The summed E-state index contributed by atoms with van der Waals surface area (Å²) < 4.78 is 10.2. The highest BCUT2D eigenvalue weighted by atomic mass is 16.5. The quantitative estimate of drug-likeness (QED) is 0.350. The minimum Gasteiger partial charge on any atom is -0.453 e. The molecule has 0 aliphatic heterocycles. The number of fused-ring (bicyclic) bond motifs is 4. The number of amides is 1. The Hall–Kier alpha value is -5.00. The molecule has 1 amide bonds. The molecule has 6 aromatic rings. The number of ether oxygens (including phenoxy) is 1. The molecular formula is C28H27N9O3. The molecule has 12 heteroatoms. The molecule has 40 heavy (non-hydrogen) atoms. The van der Waals surface area contributed by atoms with E-state index in [1.165, 1.54) is 7.11 Å². The molecule has 1 aromatic carbocycles. The summed E-state index contributed by atoms with van der Waals surface area (Å²) in [5.74, 6) is 0. The van der Waals surface area contributed by atoms with Crippen molar-refractivity contribution >= 4 is 38.9 Å². The summed E-state index contributed by atoms with van der Waals surface area (Å²) in [7, 11) is 5.13. The fourth-order valence-electron chi connectivity index (χ4n) is 6.03. The van der Waals surface area contributed by atoms with E-state index >= 15 is 0 Å². The zero-order valence-corrected chi connectivity index (χ0v) is 22.3. The van der Waals surface area contributed by atoms with Crippen molar-refractivity contribution in [3.63, 3.8) is 0 Å². The first-order valence-electron chi connectivity index (χ1n) is 13.1. The van der Waals surface area contributed by atoms with E-state index in [0.717, 1.165) is 62.4 Å². The fraction of sp³-hybridized carbons (Fsp3) is 0.286. The fourth-order valence-corrected chi connectivity index (χ4v) is 6.03. The second kappa shape index (κ2) is 9.04. The van der Waals surface area contributed by atoms with Gasteiger partial charge < -0.3 is 15.0 Å². The van der Waals surface area contributed by atoms with Gasteiger partial charge in [0.2, 0.25) is 0 Å². The average molecular weight is 538 g/mol. The number of carbonyl (C=O) groups is 1. The minimum absolute atomic E-state index is 0.0897. The van der Waals surface area contributed by atoms with Crippen LogP contribution in [0, 0.1) is 0 Å². The van der Waals surface area contributed by atoms with Crippen LogP contribution in [0.15, 0.2) is 54.0 Å². The highest BCUT2D eigenvalue weighted by molar-refractivity contribution is 6.15. The number of hydrogen-bond donors (Lipinski definition) is 2. The Kier molecular flexibility index (Phi) is 5.44. The third-order valence-electron chi connectivity index (χ3n) is 7.87. The summed E-state index contributed by atoms with van der Waals surface area (Å²) in [5, 5.41) is 14.3. The first kappa shape index (κ1) is 24.1. The van der Waals surface area contributed by atoms with E-state index in [-0.39, 0.29) is 17.8 Å². The Morgan fingerprint density at radius 2 is 1.98 bits per heavy atom. The lowest BCUT2D eigenvalue weighted by Gasteiger charge is -2.18. The maximum Gasteiger partial charge on any atom is 0.407 e. The predicted molar refractivity (Wildman–Crippen MR) is 150 cm³/mol. The van der Waals surface area contributed by atoms with E-state index in [9.17, 15) is 9.59 Å². The summed E-state index contributed by atoms with van der Waals surface area (Å²) >= 11 is 0. The third kappa shape index (κ3) is 3.74. The lowest BCUT2D eigenvalue weighted by atomic mass is 9.98. The van der Waals surface area contributed by atoms with Crippen LogP contribution in [0.1, 0.15) is 25.3 Å². The molecule has 1 aliphatic carbocycles. The van der Waals surface area contributed by atoms with Crippen LogP contribution in [-0.4, -0.2) is 58.3 Å². The Bertz CT molecular complexity index is 2000. The number of nitrogens with zero attached hydrogens (tertiary/aromatic N) is 7. The van der Waals surface area contributed by atoms with Crippen LogP contribution in [-0.2, 0) is 18.8 Å². The molecule has 0 unspecified atom stereocenters. The first-order chi connectivity index (χ1) is 19.4. The van der Waals surface area contributed by atoms with Gasteiger partial charge in [-0.15, -0.1) is 0 Å². The Morgan fingerprint density at radius 1 is 1.10 bits per heavy atom. The van der Waals surface area contributed by atoms with E-state index in [1.807, 2.05) is 41.8 Å². The topological polar surface area (TPSA) is 138 Å². The number of aromatic amines is 1. The van der Waals surface area contributed by atoms with Crippen LogP contribution in [0.5, 0.6) is 0 Å². The van der Waals surface area contributed by atoms with E-state index in [1.54, 1.807) is 23.3 Å². The summed E-state index contributed by atoms with van der Waals surface area (Å²) in [5.41, 5.74) is 5.54. The van der Waals surface area contributed by atoms with Crippen LogP contribution in [0.25, 0.3) is 55.2 Å². The number of pyridine rings is 1. The van der Waals surface area contributed by atoms with Crippen LogP contribution >= 0.6 is 0 Å². The number of aromatic nitrogens is 8. The van der Waals surface area contributed by atoms with Gasteiger partial charge in [0.1, 0.15) is 0 Å². The standard InChI is InChI=1S/C28H27N9O3/c1-35-14-18(13-31-35)24-22(15-4-7-21-16(8-15)12-32-36(21)2)23-25-17(10-29-26(23)34-24)11-30-27(38)37(25)20-6-5-19(9-20)33-28(39)40-3/h4,7-8,10-14,19-20H,5-6,9H2,1-3H3,(H,30,38)(H,33,39)/t19-,20-/m1/s1. The number of carbonyl (C=O) groups excluding carboxylic acids is 1. The van der Waals surface area contributed by atoms with Gasteiger partial charge in [0.15, 0.2) is 5.65 Å². The van der Waals surface area contributed by atoms with Crippen molar-refractivity contribution in [1.82, 2.24) is 44.4 Å². The molecule has 1 aliphatic rings.